The first-order chi connectivity index (χ1) is 7.56. The molecular formula is C12H19NO3. The molecule has 0 amide bonds. The monoisotopic (exact) mass is 225 g/mol. The summed E-state index contributed by atoms with van der Waals surface area (Å²) >= 11 is 0. The highest BCUT2D eigenvalue weighted by Gasteiger charge is 2.16. The van der Waals surface area contributed by atoms with Gasteiger partial charge in [-0.3, -0.25) is 0 Å². The number of aromatic hydroxyl groups is 2. The van der Waals surface area contributed by atoms with Crippen molar-refractivity contribution in [2.24, 2.45) is 0 Å². The van der Waals surface area contributed by atoms with E-state index in [1.54, 1.807) is 6.07 Å². The van der Waals surface area contributed by atoms with E-state index in [2.05, 4.69) is 12.2 Å². The van der Waals surface area contributed by atoms with E-state index in [1.165, 1.54) is 12.1 Å². The Morgan fingerprint density at radius 3 is 2.50 bits per heavy atom. The molecule has 0 radical (unpaired) electrons. The molecular weight excluding hydrogens is 206 g/mol. The topological polar surface area (TPSA) is 72.7 Å². The molecule has 2 atom stereocenters. The molecule has 4 N–H and O–H groups in total. The molecule has 4 nitrogen and oxygen atoms in total. The molecule has 1 aromatic rings. The van der Waals surface area contributed by atoms with E-state index in [4.69, 9.17) is 5.11 Å². The fraction of sp³-hybridized carbons (Fsp3) is 0.500. The second-order valence-corrected chi connectivity index (χ2v) is 3.94. The smallest absolute Gasteiger partial charge is 0.157 e. The average molecular weight is 225 g/mol. The second kappa shape index (κ2) is 5.72. The first-order valence-electron chi connectivity index (χ1n) is 5.49. The zero-order valence-corrected chi connectivity index (χ0v) is 9.64. The highest BCUT2D eigenvalue weighted by Crippen LogP contribution is 2.28. The number of aliphatic hydroxyl groups is 1. The third-order valence-electron chi connectivity index (χ3n) is 2.53. The molecule has 0 fully saturated rings. The summed E-state index contributed by atoms with van der Waals surface area (Å²) in [6.45, 7) is 4.77. The number of hydrogen-bond donors (Lipinski definition) is 4. The minimum Gasteiger partial charge on any atom is -0.504 e. The summed E-state index contributed by atoms with van der Waals surface area (Å²) in [6.07, 6.45) is 0.302. The number of benzene rings is 1. The maximum absolute atomic E-state index is 9.98. The lowest BCUT2D eigenvalue weighted by molar-refractivity contribution is 0.136. The summed E-state index contributed by atoms with van der Waals surface area (Å²) in [5, 5.41) is 31.6. The summed E-state index contributed by atoms with van der Waals surface area (Å²) < 4.78 is 0. The van der Waals surface area contributed by atoms with E-state index in [-0.39, 0.29) is 17.5 Å². The molecule has 1 aromatic carbocycles. The Morgan fingerprint density at radius 2 is 1.94 bits per heavy atom. The highest BCUT2D eigenvalue weighted by molar-refractivity contribution is 5.41. The minimum atomic E-state index is -0.696. The lowest BCUT2D eigenvalue weighted by atomic mass is 10.0. The van der Waals surface area contributed by atoms with Crippen LogP contribution in [0.1, 0.15) is 31.9 Å². The molecule has 0 aliphatic carbocycles. The van der Waals surface area contributed by atoms with Gasteiger partial charge in [0.1, 0.15) is 0 Å². The van der Waals surface area contributed by atoms with Gasteiger partial charge >= 0.3 is 0 Å². The van der Waals surface area contributed by atoms with Gasteiger partial charge < -0.3 is 20.6 Å². The summed E-state index contributed by atoms with van der Waals surface area (Å²) in [4.78, 5) is 0. The van der Waals surface area contributed by atoms with Crippen molar-refractivity contribution in [1.82, 2.24) is 5.32 Å². The molecule has 0 saturated carbocycles. The predicted molar refractivity (Wildman–Crippen MR) is 62.5 cm³/mol. The fourth-order valence-corrected chi connectivity index (χ4v) is 1.50. The zero-order chi connectivity index (χ0) is 12.1. The number of phenolic OH excluding ortho intramolecular Hbond substituents is 2. The van der Waals surface area contributed by atoms with Crippen molar-refractivity contribution in [1.29, 1.82) is 0 Å². The molecule has 1 rings (SSSR count). The molecule has 16 heavy (non-hydrogen) atoms. The van der Waals surface area contributed by atoms with Crippen molar-refractivity contribution in [2.45, 2.75) is 32.4 Å². The molecule has 0 saturated heterocycles. The van der Waals surface area contributed by atoms with E-state index in [9.17, 15) is 10.2 Å². The van der Waals surface area contributed by atoms with Crippen LogP contribution in [-0.4, -0.2) is 27.9 Å². The van der Waals surface area contributed by atoms with Crippen molar-refractivity contribution in [3.05, 3.63) is 23.8 Å². The van der Waals surface area contributed by atoms with Crippen LogP contribution in [0.5, 0.6) is 11.5 Å². The van der Waals surface area contributed by atoms with Gasteiger partial charge in [0.15, 0.2) is 11.5 Å². The van der Waals surface area contributed by atoms with E-state index in [0.717, 1.165) is 13.0 Å². The summed E-state index contributed by atoms with van der Waals surface area (Å²) in [5.41, 5.74) is 0.589. The summed E-state index contributed by atoms with van der Waals surface area (Å²) in [7, 11) is 0. The minimum absolute atomic E-state index is 0.0936. The third kappa shape index (κ3) is 3.12. The Morgan fingerprint density at radius 1 is 1.25 bits per heavy atom. The molecule has 90 valence electrons. The van der Waals surface area contributed by atoms with E-state index in [0.29, 0.717) is 5.56 Å². The Balaban J connectivity index is 2.71. The van der Waals surface area contributed by atoms with Crippen molar-refractivity contribution < 1.29 is 15.3 Å². The van der Waals surface area contributed by atoms with Crippen molar-refractivity contribution >= 4 is 0 Å². The molecule has 4 heteroatoms. The summed E-state index contributed by atoms with van der Waals surface area (Å²) in [6, 6.07) is 4.26. The van der Waals surface area contributed by atoms with E-state index >= 15 is 0 Å². The van der Waals surface area contributed by atoms with Gasteiger partial charge in [0.05, 0.1) is 6.10 Å². The van der Waals surface area contributed by atoms with Gasteiger partial charge in [-0.15, -0.1) is 0 Å². The Labute approximate surface area is 95.6 Å². The SMILES string of the molecule is CCCNC(C)C(O)c1ccc(O)c(O)c1. The number of rotatable bonds is 5. The van der Waals surface area contributed by atoms with Gasteiger partial charge in [0, 0.05) is 6.04 Å². The third-order valence-corrected chi connectivity index (χ3v) is 2.53. The number of hydrogen-bond acceptors (Lipinski definition) is 4. The summed E-state index contributed by atoms with van der Waals surface area (Å²) in [5.74, 6) is -0.385. The van der Waals surface area contributed by atoms with E-state index in [1.807, 2.05) is 6.92 Å². The van der Waals surface area contributed by atoms with Gasteiger partial charge in [-0.05, 0) is 37.6 Å². The first-order valence-corrected chi connectivity index (χ1v) is 5.49. The van der Waals surface area contributed by atoms with Crippen molar-refractivity contribution in [3.63, 3.8) is 0 Å². The van der Waals surface area contributed by atoms with Gasteiger partial charge in [0.2, 0.25) is 0 Å². The second-order valence-electron chi connectivity index (χ2n) is 3.94. The van der Waals surface area contributed by atoms with Crippen molar-refractivity contribution in [2.75, 3.05) is 6.54 Å². The molecule has 0 aliphatic heterocycles. The zero-order valence-electron chi connectivity index (χ0n) is 9.64. The van der Waals surface area contributed by atoms with Crippen LogP contribution in [0.3, 0.4) is 0 Å². The lowest BCUT2D eigenvalue weighted by Crippen LogP contribution is -2.32. The van der Waals surface area contributed by atoms with Gasteiger partial charge in [-0.25, -0.2) is 0 Å². The predicted octanol–water partition coefficient (Wildman–Crippen LogP) is 1.52. The lowest BCUT2D eigenvalue weighted by Gasteiger charge is -2.20. The van der Waals surface area contributed by atoms with Crippen LogP contribution in [0.15, 0.2) is 18.2 Å². The first kappa shape index (κ1) is 12.8. The molecule has 0 heterocycles. The maximum Gasteiger partial charge on any atom is 0.157 e. The van der Waals surface area contributed by atoms with E-state index < -0.39 is 6.10 Å². The quantitative estimate of drug-likeness (QED) is 0.573. The molecule has 0 bridgehead atoms. The fourth-order valence-electron chi connectivity index (χ4n) is 1.50. The van der Waals surface area contributed by atoms with Crippen LogP contribution in [0.2, 0.25) is 0 Å². The normalized spacial score (nSPS) is 14.7. The van der Waals surface area contributed by atoms with Gasteiger partial charge in [-0.1, -0.05) is 13.0 Å². The molecule has 0 aromatic heterocycles. The van der Waals surface area contributed by atoms with Crippen molar-refractivity contribution in [3.8, 4) is 11.5 Å². The van der Waals surface area contributed by atoms with Gasteiger partial charge in [-0.2, -0.15) is 0 Å². The Hall–Kier alpha value is -1.26. The van der Waals surface area contributed by atoms with Crippen LogP contribution in [0, 0.1) is 0 Å². The van der Waals surface area contributed by atoms with Crippen LogP contribution in [-0.2, 0) is 0 Å². The van der Waals surface area contributed by atoms with Crippen LogP contribution in [0.25, 0.3) is 0 Å². The largest absolute Gasteiger partial charge is 0.504 e. The molecule has 0 aliphatic rings. The number of aliphatic hydroxyl groups excluding tert-OH is 1. The maximum atomic E-state index is 9.98. The molecule has 0 spiro atoms. The highest BCUT2D eigenvalue weighted by atomic mass is 16.3. The Bertz CT molecular complexity index is 341. The molecule has 2 unspecified atom stereocenters. The number of nitrogens with one attached hydrogen (secondary N) is 1. The van der Waals surface area contributed by atoms with Crippen LogP contribution < -0.4 is 5.32 Å². The van der Waals surface area contributed by atoms with Crippen LogP contribution >= 0.6 is 0 Å². The number of phenols is 2. The van der Waals surface area contributed by atoms with Crippen LogP contribution in [0.4, 0.5) is 0 Å². The Kier molecular flexibility index (Phi) is 4.58. The standard InChI is InChI=1S/C12H19NO3/c1-3-6-13-8(2)12(16)9-4-5-10(14)11(15)7-9/h4-5,7-8,12-16H,3,6H2,1-2H3. The van der Waals surface area contributed by atoms with Gasteiger partial charge in [0.25, 0.3) is 0 Å². The average Bonchev–Trinajstić information content (AvgIpc) is 2.28.